The van der Waals surface area contributed by atoms with Gasteiger partial charge in [-0.2, -0.15) is 0 Å². The van der Waals surface area contributed by atoms with Crippen molar-refractivity contribution in [1.82, 2.24) is 0 Å². The van der Waals surface area contributed by atoms with E-state index in [1.807, 2.05) is 6.07 Å². The molecule has 0 spiro atoms. The fraction of sp³-hybridized carbons (Fsp3) is 0.111. The number of benzene rings is 1. The average molecular weight is 290 g/mol. The molecule has 1 aromatic rings. The van der Waals surface area contributed by atoms with Gasteiger partial charge in [0.05, 0.1) is 0 Å². The first kappa shape index (κ1) is 9.79. The first-order chi connectivity index (χ1) is 5.65. The molecule has 0 saturated carbocycles. The van der Waals surface area contributed by atoms with Gasteiger partial charge < -0.3 is 5.11 Å². The highest BCUT2D eigenvalue weighted by Crippen LogP contribution is 2.26. The molecule has 0 saturated heterocycles. The molecule has 0 fully saturated rings. The van der Waals surface area contributed by atoms with Gasteiger partial charge in [-0.25, -0.2) is 0 Å². The zero-order chi connectivity index (χ0) is 9.14. The minimum absolute atomic E-state index is 0.715. The molecular weight excluding hydrogens is 284 g/mol. The molecule has 62 valence electrons. The lowest BCUT2D eigenvalue weighted by atomic mass is 10.1. The van der Waals surface area contributed by atoms with E-state index in [0.29, 0.717) is 5.56 Å². The van der Waals surface area contributed by atoms with Crippen LogP contribution in [0.4, 0.5) is 0 Å². The minimum Gasteiger partial charge on any atom is -0.376 e. The summed E-state index contributed by atoms with van der Waals surface area (Å²) < 4.78 is 1.82. The molecule has 12 heavy (non-hydrogen) atoms. The highest BCUT2D eigenvalue weighted by atomic mass is 79.9. The quantitative estimate of drug-likeness (QED) is 0.788. The van der Waals surface area contributed by atoms with Crippen molar-refractivity contribution in [2.45, 2.75) is 6.10 Å². The minimum atomic E-state index is -0.825. The van der Waals surface area contributed by atoms with Crippen LogP contribution in [0.2, 0.25) is 0 Å². The van der Waals surface area contributed by atoms with E-state index in [0.717, 1.165) is 8.95 Å². The van der Waals surface area contributed by atoms with Crippen molar-refractivity contribution in [2.75, 3.05) is 0 Å². The molecule has 0 amide bonds. The summed E-state index contributed by atoms with van der Waals surface area (Å²) in [5.74, 6) is 2.25. The largest absolute Gasteiger partial charge is 0.376 e. The predicted octanol–water partition coefficient (Wildman–Crippen LogP) is 2.88. The Bertz CT molecular complexity index is 328. The number of aliphatic hydroxyl groups excluding tert-OH is 1. The van der Waals surface area contributed by atoms with E-state index in [-0.39, 0.29) is 0 Å². The van der Waals surface area contributed by atoms with E-state index in [9.17, 15) is 5.11 Å². The Balaban J connectivity index is 3.06. The number of hydrogen-bond donors (Lipinski definition) is 1. The molecule has 1 N–H and O–H groups in total. The molecule has 0 radical (unpaired) electrons. The monoisotopic (exact) mass is 288 g/mol. The van der Waals surface area contributed by atoms with Crippen molar-refractivity contribution in [1.29, 1.82) is 0 Å². The molecule has 1 atom stereocenters. The number of halogens is 2. The van der Waals surface area contributed by atoms with Gasteiger partial charge in [0.2, 0.25) is 0 Å². The number of terminal acetylenes is 1. The summed E-state index contributed by atoms with van der Waals surface area (Å²) >= 11 is 6.64. The van der Waals surface area contributed by atoms with E-state index in [2.05, 4.69) is 37.8 Å². The smallest absolute Gasteiger partial charge is 0.140 e. The van der Waals surface area contributed by atoms with Crippen LogP contribution in [0.1, 0.15) is 11.7 Å². The first-order valence-corrected chi connectivity index (χ1v) is 4.83. The molecule has 0 aliphatic rings. The third-order valence-corrected chi connectivity index (χ3v) is 3.30. The topological polar surface area (TPSA) is 20.2 Å². The van der Waals surface area contributed by atoms with E-state index < -0.39 is 6.10 Å². The van der Waals surface area contributed by atoms with Gasteiger partial charge in [-0.15, -0.1) is 6.42 Å². The maximum absolute atomic E-state index is 9.27. The number of aliphatic hydroxyl groups is 1. The molecule has 0 heterocycles. The highest BCUT2D eigenvalue weighted by Gasteiger charge is 2.04. The summed E-state index contributed by atoms with van der Waals surface area (Å²) in [6.07, 6.45) is 4.24. The van der Waals surface area contributed by atoms with E-state index in [1.165, 1.54) is 0 Å². The van der Waals surface area contributed by atoms with Gasteiger partial charge in [0.1, 0.15) is 6.10 Å². The Morgan fingerprint density at radius 2 is 2.00 bits per heavy atom. The van der Waals surface area contributed by atoms with Crippen LogP contribution in [0.5, 0.6) is 0 Å². The Kier molecular flexibility index (Phi) is 3.33. The van der Waals surface area contributed by atoms with Gasteiger partial charge in [0.15, 0.2) is 0 Å². The lowest BCUT2D eigenvalue weighted by Crippen LogP contribution is -1.92. The fourth-order valence-corrected chi connectivity index (χ4v) is 1.42. The van der Waals surface area contributed by atoms with Gasteiger partial charge in [0.25, 0.3) is 0 Å². The van der Waals surface area contributed by atoms with Gasteiger partial charge in [-0.05, 0) is 49.6 Å². The van der Waals surface area contributed by atoms with Crippen molar-refractivity contribution in [3.63, 3.8) is 0 Å². The van der Waals surface area contributed by atoms with Crippen LogP contribution in [0, 0.1) is 12.3 Å². The van der Waals surface area contributed by atoms with Crippen LogP contribution in [0.25, 0.3) is 0 Å². The normalized spacial score (nSPS) is 12.2. The van der Waals surface area contributed by atoms with Crippen molar-refractivity contribution in [3.8, 4) is 12.3 Å². The van der Waals surface area contributed by atoms with Crippen LogP contribution in [0.15, 0.2) is 27.1 Å². The zero-order valence-electron chi connectivity index (χ0n) is 6.09. The second-order valence-electron chi connectivity index (χ2n) is 2.24. The molecule has 1 nitrogen and oxygen atoms in total. The molecule has 1 aromatic carbocycles. The molecule has 0 bridgehead atoms. The Labute approximate surface area is 88.1 Å². The summed E-state index contributed by atoms with van der Waals surface area (Å²) in [4.78, 5) is 0. The lowest BCUT2D eigenvalue weighted by molar-refractivity contribution is 0.238. The second-order valence-corrected chi connectivity index (χ2v) is 3.95. The van der Waals surface area contributed by atoms with Gasteiger partial charge >= 0.3 is 0 Å². The van der Waals surface area contributed by atoms with E-state index in [4.69, 9.17) is 6.42 Å². The Hall–Kier alpha value is -0.300. The van der Waals surface area contributed by atoms with Crippen LogP contribution >= 0.6 is 31.9 Å². The summed E-state index contributed by atoms with van der Waals surface area (Å²) in [7, 11) is 0. The van der Waals surface area contributed by atoms with Crippen molar-refractivity contribution >= 4 is 31.9 Å². The lowest BCUT2D eigenvalue weighted by Gasteiger charge is -2.04. The zero-order valence-corrected chi connectivity index (χ0v) is 9.26. The first-order valence-electron chi connectivity index (χ1n) is 3.24. The molecule has 1 rings (SSSR count). The van der Waals surface area contributed by atoms with Crippen LogP contribution < -0.4 is 0 Å². The SMILES string of the molecule is C#CC(O)c1ccc(Br)c(Br)c1. The summed E-state index contributed by atoms with van der Waals surface area (Å²) in [6, 6.07) is 5.40. The molecule has 0 aromatic heterocycles. The van der Waals surface area contributed by atoms with Gasteiger partial charge in [0, 0.05) is 8.95 Å². The van der Waals surface area contributed by atoms with Gasteiger partial charge in [-0.1, -0.05) is 12.0 Å². The summed E-state index contributed by atoms with van der Waals surface area (Å²) in [5.41, 5.74) is 0.715. The van der Waals surface area contributed by atoms with Crippen LogP contribution in [0.3, 0.4) is 0 Å². The maximum Gasteiger partial charge on any atom is 0.140 e. The molecule has 0 aliphatic heterocycles. The third-order valence-electron chi connectivity index (χ3n) is 1.42. The molecule has 1 unspecified atom stereocenters. The van der Waals surface area contributed by atoms with E-state index in [1.54, 1.807) is 12.1 Å². The molecular formula is C9H6Br2O. The highest BCUT2D eigenvalue weighted by molar-refractivity contribution is 9.13. The number of hydrogen-bond acceptors (Lipinski definition) is 1. The standard InChI is InChI=1S/C9H6Br2O/c1-2-9(12)6-3-4-7(10)8(11)5-6/h1,3-5,9,12H. The van der Waals surface area contributed by atoms with Crippen molar-refractivity contribution < 1.29 is 5.11 Å². The van der Waals surface area contributed by atoms with Crippen LogP contribution in [-0.4, -0.2) is 5.11 Å². The molecule has 3 heteroatoms. The molecule has 0 aliphatic carbocycles. The van der Waals surface area contributed by atoms with E-state index >= 15 is 0 Å². The van der Waals surface area contributed by atoms with Crippen molar-refractivity contribution in [3.05, 3.63) is 32.7 Å². The summed E-state index contributed by atoms with van der Waals surface area (Å²) in [6.45, 7) is 0. The Morgan fingerprint density at radius 3 is 2.50 bits per heavy atom. The summed E-state index contributed by atoms with van der Waals surface area (Å²) in [5, 5.41) is 9.27. The van der Waals surface area contributed by atoms with Gasteiger partial charge in [-0.3, -0.25) is 0 Å². The Morgan fingerprint density at radius 1 is 1.33 bits per heavy atom. The second kappa shape index (κ2) is 4.08. The fourth-order valence-electron chi connectivity index (χ4n) is 0.779. The predicted molar refractivity (Wildman–Crippen MR) is 55.6 cm³/mol. The average Bonchev–Trinajstić information content (AvgIpc) is 2.08. The van der Waals surface area contributed by atoms with Crippen molar-refractivity contribution in [2.24, 2.45) is 0 Å². The van der Waals surface area contributed by atoms with Crippen LogP contribution in [-0.2, 0) is 0 Å². The maximum atomic E-state index is 9.27. The number of rotatable bonds is 1. The third kappa shape index (κ3) is 2.10.